The van der Waals surface area contributed by atoms with Gasteiger partial charge in [-0.05, 0) is 31.0 Å². The van der Waals surface area contributed by atoms with Crippen LogP contribution in [0, 0.1) is 11.3 Å². The summed E-state index contributed by atoms with van der Waals surface area (Å²) in [4.78, 5) is 29.9. The Balaban J connectivity index is 1.77. The van der Waals surface area contributed by atoms with Crippen molar-refractivity contribution in [1.29, 1.82) is 5.26 Å². The highest BCUT2D eigenvalue weighted by atomic mass is 32.1. The third kappa shape index (κ3) is 3.02. The lowest BCUT2D eigenvalue weighted by atomic mass is 10.2. The molecule has 0 radical (unpaired) electrons. The molecule has 0 spiro atoms. The van der Waals surface area contributed by atoms with Crippen LogP contribution in [-0.4, -0.2) is 40.8 Å². The van der Waals surface area contributed by atoms with Gasteiger partial charge in [0.2, 0.25) is 11.8 Å². The molecule has 0 aliphatic carbocycles. The molecule has 1 atom stereocenters. The quantitative estimate of drug-likeness (QED) is 0.874. The molecule has 1 fully saturated rings. The number of nitrogens with one attached hydrogen (secondary N) is 1. The Bertz CT molecular complexity index is 810. The molecule has 3 rings (SSSR count). The first-order valence-electron chi connectivity index (χ1n) is 7.23. The van der Waals surface area contributed by atoms with E-state index in [1.165, 1.54) is 16.2 Å². The summed E-state index contributed by atoms with van der Waals surface area (Å²) < 4.78 is 0.834. The molecule has 1 aromatic carbocycles. The molecule has 3 N–H and O–H groups in total. The minimum absolute atomic E-state index is 0.0897. The van der Waals surface area contributed by atoms with Crippen molar-refractivity contribution in [3.8, 4) is 6.07 Å². The summed E-state index contributed by atoms with van der Waals surface area (Å²) >= 11 is 1.28. The number of aromatic nitrogens is 1. The third-order valence-electron chi connectivity index (χ3n) is 3.80. The van der Waals surface area contributed by atoms with E-state index in [4.69, 9.17) is 11.0 Å². The average Bonchev–Trinajstić information content (AvgIpc) is 3.19. The first kappa shape index (κ1) is 15.4. The van der Waals surface area contributed by atoms with Crippen molar-refractivity contribution >= 4 is 39.1 Å². The molecule has 0 saturated carbocycles. The first-order chi connectivity index (χ1) is 11.1. The van der Waals surface area contributed by atoms with Gasteiger partial charge < -0.3 is 16.0 Å². The number of nitriles is 1. The van der Waals surface area contributed by atoms with Gasteiger partial charge in [-0.15, -0.1) is 11.3 Å². The molecule has 1 aliphatic heterocycles. The van der Waals surface area contributed by atoms with Gasteiger partial charge in [0.1, 0.15) is 12.1 Å². The Labute approximate surface area is 136 Å². The summed E-state index contributed by atoms with van der Waals surface area (Å²) in [5.41, 5.74) is 6.74. The number of thiazole rings is 1. The summed E-state index contributed by atoms with van der Waals surface area (Å²) in [6.07, 6.45) is 1.43. The number of nitrogens with two attached hydrogens (primary N) is 1. The van der Waals surface area contributed by atoms with Crippen LogP contribution in [0.1, 0.15) is 17.8 Å². The Hall–Kier alpha value is -2.50. The van der Waals surface area contributed by atoms with Crippen LogP contribution in [0.3, 0.4) is 0 Å². The fourth-order valence-electron chi connectivity index (χ4n) is 2.73. The van der Waals surface area contributed by atoms with Gasteiger partial charge in [-0.3, -0.25) is 9.59 Å². The lowest BCUT2D eigenvalue weighted by molar-refractivity contribution is -0.135. The molecule has 2 heterocycles. The standard InChI is InChI=1S/C15H15N5O2S/c16-7-13-19-10-4-3-9(6-12(10)23-13)18-15(22)11-2-1-5-20(11)14(21)8-17/h3-4,6,11H,1-2,5,8,17H2,(H,18,22)/t11-/m0/s1. The maximum Gasteiger partial charge on any atom is 0.247 e. The molecule has 1 aromatic heterocycles. The van der Waals surface area contributed by atoms with Crippen molar-refractivity contribution in [2.24, 2.45) is 5.73 Å². The molecule has 2 aromatic rings. The van der Waals surface area contributed by atoms with Gasteiger partial charge in [0.05, 0.1) is 16.8 Å². The van der Waals surface area contributed by atoms with E-state index in [0.29, 0.717) is 23.7 Å². The average molecular weight is 329 g/mol. The molecule has 2 amide bonds. The van der Waals surface area contributed by atoms with E-state index in [9.17, 15) is 9.59 Å². The minimum Gasteiger partial charge on any atom is -0.330 e. The summed E-state index contributed by atoms with van der Waals surface area (Å²) in [6, 6.07) is 6.83. The van der Waals surface area contributed by atoms with Crippen LogP contribution in [-0.2, 0) is 9.59 Å². The summed E-state index contributed by atoms with van der Waals surface area (Å²) in [5, 5.41) is 12.1. The molecule has 7 nitrogen and oxygen atoms in total. The zero-order chi connectivity index (χ0) is 16.4. The molecular weight excluding hydrogens is 314 g/mol. The largest absolute Gasteiger partial charge is 0.330 e. The van der Waals surface area contributed by atoms with Crippen LogP contribution in [0.15, 0.2) is 18.2 Å². The molecule has 8 heteroatoms. The van der Waals surface area contributed by atoms with Gasteiger partial charge in [0.15, 0.2) is 5.01 Å². The highest BCUT2D eigenvalue weighted by molar-refractivity contribution is 7.19. The van der Waals surface area contributed by atoms with Crippen molar-refractivity contribution in [3.63, 3.8) is 0 Å². The van der Waals surface area contributed by atoms with Gasteiger partial charge in [-0.25, -0.2) is 4.98 Å². The molecule has 1 saturated heterocycles. The Morgan fingerprint density at radius 3 is 3.09 bits per heavy atom. The molecule has 23 heavy (non-hydrogen) atoms. The highest BCUT2D eigenvalue weighted by Crippen LogP contribution is 2.26. The van der Waals surface area contributed by atoms with E-state index >= 15 is 0 Å². The Kier molecular flexibility index (Phi) is 4.23. The van der Waals surface area contributed by atoms with Crippen molar-refractivity contribution in [2.75, 3.05) is 18.4 Å². The molecule has 1 aliphatic rings. The second kappa shape index (κ2) is 6.32. The van der Waals surface area contributed by atoms with E-state index in [1.54, 1.807) is 18.2 Å². The van der Waals surface area contributed by atoms with Crippen LogP contribution in [0.25, 0.3) is 10.2 Å². The SMILES string of the molecule is N#Cc1nc2ccc(NC(=O)[C@@H]3CCCN3C(=O)CN)cc2s1. The predicted molar refractivity (Wildman–Crippen MR) is 86.8 cm³/mol. The smallest absolute Gasteiger partial charge is 0.247 e. The molecule has 0 bridgehead atoms. The normalized spacial score (nSPS) is 17.2. The van der Waals surface area contributed by atoms with Gasteiger partial charge in [0, 0.05) is 12.2 Å². The van der Waals surface area contributed by atoms with Gasteiger partial charge >= 0.3 is 0 Å². The van der Waals surface area contributed by atoms with E-state index < -0.39 is 6.04 Å². The number of carbonyl (C=O) groups is 2. The number of fused-ring (bicyclic) bond motifs is 1. The number of hydrogen-bond donors (Lipinski definition) is 2. The lowest BCUT2D eigenvalue weighted by Gasteiger charge is -2.23. The van der Waals surface area contributed by atoms with Crippen molar-refractivity contribution in [1.82, 2.24) is 9.88 Å². The maximum atomic E-state index is 12.4. The van der Waals surface area contributed by atoms with Crippen molar-refractivity contribution in [2.45, 2.75) is 18.9 Å². The minimum atomic E-state index is -0.474. The number of hydrogen-bond acceptors (Lipinski definition) is 6. The monoisotopic (exact) mass is 329 g/mol. The van der Waals surface area contributed by atoms with Crippen LogP contribution >= 0.6 is 11.3 Å². The van der Waals surface area contributed by atoms with Crippen molar-refractivity contribution < 1.29 is 9.59 Å². The van der Waals surface area contributed by atoms with Crippen LogP contribution < -0.4 is 11.1 Å². The zero-order valence-corrected chi connectivity index (χ0v) is 13.1. The number of benzene rings is 1. The number of anilines is 1. The van der Waals surface area contributed by atoms with Crippen LogP contribution in [0.4, 0.5) is 5.69 Å². The molecular formula is C15H15N5O2S. The van der Waals surface area contributed by atoms with Gasteiger partial charge in [-0.1, -0.05) is 0 Å². The second-order valence-corrected chi connectivity index (χ2v) is 6.28. The van der Waals surface area contributed by atoms with E-state index in [-0.39, 0.29) is 18.4 Å². The topological polar surface area (TPSA) is 112 Å². The molecule has 118 valence electrons. The van der Waals surface area contributed by atoms with Gasteiger partial charge in [-0.2, -0.15) is 5.26 Å². The lowest BCUT2D eigenvalue weighted by Crippen LogP contribution is -2.45. The second-order valence-electron chi connectivity index (χ2n) is 5.25. The summed E-state index contributed by atoms with van der Waals surface area (Å²) in [6.45, 7) is 0.473. The highest BCUT2D eigenvalue weighted by Gasteiger charge is 2.33. The zero-order valence-electron chi connectivity index (χ0n) is 12.3. The van der Waals surface area contributed by atoms with E-state index in [2.05, 4.69) is 10.3 Å². The fraction of sp³-hybridized carbons (Fsp3) is 0.333. The molecule has 0 unspecified atom stereocenters. The summed E-state index contributed by atoms with van der Waals surface area (Å²) in [7, 11) is 0. The Morgan fingerprint density at radius 1 is 1.52 bits per heavy atom. The summed E-state index contributed by atoms with van der Waals surface area (Å²) in [5.74, 6) is -0.423. The first-order valence-corrected chi connectivity index (χ1v) is 8.05. The maximum absolute atomic E-state index is 12.4. The van der Waals surface area contributed by atoms with Gasteiger partial charge in [0.25, 0.3) is 0 Å². The van der Waals surface area contributed by atoms with E-state index in [0.717, 1.165) is 16.6 Å². The number of nitrogens with zero attached hydrogens (tertiary/aromatic N) is 3. The number of rotatable bonds is 3. The van der Waals surface area contributed by atoms with Crippen LogP contribution in [0.2, 0.25) is 0 Å². The number of likely N-dealkylation sites (tertiary alicyclic amines) is 1. The van der Waals surface area contributed by atoms with Crippen molar-refractivity contribution in [3.05, 3.63) is 23.2 Å². The predicted octanol–water partition coefficient (Wildman–Crippen LogP) is 1.06. The van der Waals surface area contributed by atoms with E-state index in [1.807, 2.05) is 6.07 Å². The Morgan fingerprint density at radius 2 is 2.35 bits per heavy atom. The number of amides is 2. The number of carbonyl (C=O) groups excluding carboxylic acids is 2. The third-order valence-corrected chi connectivity index (χ3v) is 4.72. The fourth-order valence-corrected chi connectivity index (χ4v) is 3.53. The van der Waals surface area contributed by atoms with Crippen LogP contribution in [0.5, 0.6) is 0 Å².